The van der Waals surface area contributed by atoms with Gasteiger partial charge >= 0.3 is 0 Å². The summed E-state index contributed by atoms with van der Waals surface area (Å²) in [4.78, 5) is 13.2. The molecule has 0 radical (unpaired) electrons. The Morgan fingerprint density at radius 3 is 2.30 bits per heavy atom. The number of carbonyl (C=O) groups is 1. The van der Waals surface area contributed by atoms with Crippen LogP contribution in [0.3, 0.4) is 0 Å². The maximum absolute atomic E-state index is 13.6. The van der Waals surface area contributed by atoms with E-state index < -0.39 is 23.4 Å². The van der Waals surface area contributed by atoms with E-state index in [4.69, 9.17) is 5.73 Å². The van der Waals surface area contributed by atoms with Crippen LogP contribution in [0.15, 0.2) is 36.4 Å². The Morgan fingerprint density at radius 2 is 1.65 bits per heavy atom. The van der Waals surface area contributed by atoms with E-state index in [1.54, 1.807) is 6.07 Å². The van der Waals surface area contributed by atoms with Gasteiger partial charge in [-0.1, -0.05) is 12.1 Å². The molecule has 0 heterocycles. The molecule has 0 aromatic heterocycles. The van der Waals surface area contributed by atoms with Crippen molar-refractivity contribution in [3.63, 3.8) is 0 Å². The van der Waals surface area contributed by atoms with Crippen LogP contribution in [0.1, 0.15) is 10.4 Å². The highest BCUT2D eigenvalue weighted by atomic mass is 19.2. The van der Waals surface area contributed by atoms with Crippen LogP contribution in [-0.2, 0) is 0 Å². The number of benzene rings is 2. The fourth-order valence-corrected chi connectivity index (χ4v) is 1.76. The average molecular weight is 280 g/mol. The molecule has 1 amide bonds. The molecule has 0 saturated carbocycles. The second-order valence-electron chi connectivity index (χ2n) is 4.17. The van der Waals surface area contributed by atoms with Gasteiger partial charge in [0.2, 0.25) is 0 Å². The third-order valence-electron chi connectivity index (χ3n) is 2.84. The Balaban J connectivity index is 2.42. The summed E-state index contributed by atoms with van der Waals surface area (Å²) in [6.07, 6.45) is 0. The number of rotatable bonds is 2. The van der Waals surface area contributed by atoms with E-state index in [1.165, 1.54) is 25.2 Å². The first-order chi connectivity index (χ1) is 9.41. The smallest absolute Gasteiger partial charge is 0.260 e. The van der Waals surface area contributed by atoms with E-state index >= 15 is 0 Å². The first-order valence-electron chi connectivity index (χ1n) is 5.69. The van der Waals surface area contributed by atoms with Crippen molar-refractivity contribution >= 4 is 17.3 Å². The molecule has 0 aliphatic heterocycles. The number of nitrogens with two attached hydrogens (primary N) is 1. The number of hydrogen-bond donors (Lipinski definition) is 1. The molecule has 2 aromatic rings. The number of nitrogen functional groups attached to an aromatic ring is 1. The zero-order valence-corrected chi connectivity index (χ0v) is 10.5. The summed E-state index contributed by atoms with van der Waals surface area (Å²) < 4.78 is 39.8. The van der Waals surface area contributed by atoms with Gasteiger partial charge in [-0.05, 0) is 18.2 Å². The molecule has 0 bridgehead atoms. The standard InChI is InChI=1S/C14H11F3N2O/c1-19(13-5-3-2-4-9(13)15)14(20)8-6-10(16)11(17)7-12(8)18/h2-7H,18H2,1H3. The van der Waals surface area contributed by atoms with Gasteiger partial charge in [0.1, 0.15) is 5.82 Å². The zero-order valence-electron chi connectivity index (χ0n) is 10.5. The number of para-hydroxylation sites is 1. The largest absolute Gasteiger partial charge is 0.398 e. The lowest BCUT2D eigenvalue weighted by atomic mass is 10.1. The topological polar surface area (TPSA) is 46.3 Å². The Labute approximate surface area is 113 Å². The molecule has 0 unspecified atom stereocenters. The van der Waals surface area contributed by atoms with E-state index in [1.807, 2.05) is 0 Å². The lowest BCUT2D eigenvalue weighted by molar-refractivity contribution is 0.0992. The van der Waals surface area contributed by atoms with Crippen molar-refractivity contribution in [1.29, 1.82) is 0 Å². The second kappa shape index (κ2) is 5.24. The maximum Gasteiger partial charge on any atom is 0.260 e. The van der Waals surface area contributed by atoms with Crippen LogP contribution in [0.4, 0.5) is 24.5 Å². The number of halogens is 3. The van der Waals surface area contributed by atoms with Crippen molar-refractivity contribution in [3.8, 4) is 0 Å². The fourth-order valence-electron chi connectivity index (χ4n) is 1.76. The minimum Gasteiger partial charge on any atom is -0.398 e. The molecule has 0 aliphatic carbocycles. The summed E-state index contributed by atoms with van der Waals surface area (Å²) in [5.74, 6) is -3.67. The molecular weight excluding hydrogens is 269 g/mol. The quantitative estimate of drug-likeness (QED) is 0.860. The van der Waals surface area contributed by atoms with Crippen LogP contribution in [0.25, 0.3) is 0 Å². The molecule has 2 aromatic carbocycles. The molecular formula is C14H11F3N2O. The average Bonchev–Trinajstić information content (AvgIpc) is 2.42. The number of hydrogen-bond acceptors (Lipinski definition) is 2. The highest BCUT2D eigenvalue weighted by molar-refractivity contribution is 6.09. The van der Waals surface area contributed by atoms with Crippen molar-refractivity contribution in [3.05, 3.63) is 59.4 Å². The predicted octanol–water partition coefficient (Wildman–Crippen LogP) is 2.96. The van der Waals surface area contributed by atoms with Gasteiger partial charge in [0.25, 0.3) is 5.91 Å². The highest BCUT2D eigenvalue weighted by Crippen LogP contribution is 2.23. The van der Waals surface area contributed by atoms with E-state index in [2.05, 4.69) is 0 Å². The van der Waals surface area contributed by atoms with Gasteiger partial charge in [0.05, 0.1) is 11.3 Å². The summed E-state index contributed by atoms with van der Waals surface area (Å²) in [5.41, 5.74) is 5.07. The lowest BCUT2D eigenvalue weighted by Crippen LogP contribution is -2.28. The summed E-state index contributed by atoms with van der Waals surface area (Å²) in [6.45, 7) is 0. The summed E-state index contributed by atoms with van der Waals surface area (Å²) in [7, 11) is 1.32. The molecule has 6 heteroatoms. The minimum absolute atomic E-state index is 0.0154. The van der Waals surface area contributed by atoms with Crippen LogP contribution >= 0.6 is 0 Å². The Kier molecular flexibility index (Phi) is 3.65. The number of nitrogens with zero attached hydrogens (tertiary/aromatic N) is 1. The zero-order chi connectivity index (χ0) is 14.9. The molecule has 20 heavy (non-hydrogen) atoms. The molecule has 3 nitrogen and oxygen atoms in total. The molecule has 0 spiro atoms. The molecule has 0 saturated heterocycles. The summed E-state index contributed by atoms with van der Waals surface area (Å²) in [5, 5.41) is 0. The van der Waals surface area contributed by atoms with Gasteiger partial charge < -0.3 is 10.6 Å². The van der Waals surface area contributed by atoms with Crippen LogP contribution in [0.2, 0.25) is 0 Å². The Bertz CT molecular complexity index is 673. The first kappa shape index (κ1) is 13.9. The monoisotopic (exact) mass is 280 g/mol. The van der Waals surface area contributed by atoms with Crippen molar-refractivity contribution in [1.82, 2.24) is 0 Å². The van der Waals surface area contributed by atoms with Gasteiger partial charge in [0.15, 0.2) is 11.6 Å². The van der Waals surface area contributed by atoms with E-state index in [-0.39, 0.29) is 16.9 Å². The number of amides is 1. The third-order valence-corrected chi connectivity index (χ3v) is 2.84. The van der Waals surface area contributed by atoms with Crippen molar-refractivity contribution in [2.75, 3.05) is 17.7 Å². The number of carbonyl (C=O) groups excluding carboxylic acids is 1. The van der Waals surface area contributed by atoms with E-state index in [0.717, 1.165) is 11.0 Å². The second-order valence-corrected chi connectivity index (χ2v) is 4.17. The van der Waals surface area contributed by atoms with E-state index in [0.29, 0.717) is 6.07 Å². The van der Waals surface area contributed by atoms with Crippen molar-refractivity contribution < 1.29 is 18.0 Å². The molecule has 0 fully saturated rings. The van der Waals surface area contributed by atoms with Crippen LogP contribution in [-0.4, -0.2) is 13.0 Å². The Morgan fingerprint density at radius 1 is 1.05 bits per heavy atom. The molecule has 104 valence electrons. The lowest BCUT2D eigenvalue weighted by Gasteiger charge is -2.19. The van der Waals surface area contributed by atoms with E-state index in [9.17, 15) is 18.0 Å². The van der Waals surface area contributed by atoms with Crippen LogP contribution in [0, 0.1) is 17.5 Å². The normalized spacial score (nSPS) is 10.4. The fraction of sp³-hybridized carbons (Fsp3) is 0.0714. The van der Waals surface area contributed by atoms with Gasteiger partial charge in [-0.3, -0.25) is 4.79 Å². The molecule has 2 rings (SSSR count). The van der Waals surface area contributed by atoms with Gasteiger partial charge in [-0.15, -0.1) is 0 Å². The van der Waals surface area contributed by atoms with Crippen LogP contribution < -0.4 is 10.6 Å². The first-order valence-corrected chi connectivity index (χ1v) is 5.69. The highest BCUT2D eigenvalue weighted by Gasteiger charge is 2.20. The summed E-state index contributed by atoms with van der Waals surface area (Å²) >= 11 is 0. The minimum atomic E-state index is -1.19. The molecule has 0 atom stereocenters. The van der Waals surface area contributed by atoms with Gasteiger partial charge in [-0.2, -0.15) is 0 Å². The third kappa shape index (κ3) is 2.45. The summed E-state index contributed by atoms with van der Waals surface area (Å²) in [6, 6.07) is 7.03. The molecule has 2 N–H and O–H groups in total. The Hall–Kier alpha value is -2.50. The number of anilines is 2. The predicted molar refractivity (Wildman–Crippen MR) is 69.9 cm³/mol. The van der Waals surface area contributed by atoms with Crippen LogP contribution in [0.5, 0.6) is 0 Å². The molecule has 0 aliphatic rings. The SMILES string of the molecule is CN(C(=O)c1cc(F)c(F)cc1N)c1ccccc1F. The maximum atomic E-state index is 13.6. The van der Waals surface area contributed by atoms with Gasteiger partial charge in [0, 0.05) is 18.8 Å². The van der Waals surface area contributed by atoms with Crippen molar-refractivity contribution in [2.24, 2.45) is 0 Å². The van der Waals surface area contributed by atoms with Gasteiger partial charge in [-0.25, -0.2) is 13.2 Å². The van der Waals surface area contributed by atoms with Crippen molar-refractivity contribution in [2.45, 2.75) is 0 Å².